The summed E-state index contributed by atoms with van der Waals surface area (Å²) in [6, 6.07) is 16.4. The van der Waals surface area contributed by atoms with Crippen molar-refractivity contribution in [2.75, 3.05) is 0 Å². The largest absolute Gasteiger partial charge is 0.505 e. The molecule has 2 aromatic heterocycles. The van der Waals surface area contributed by atoms with E-state index in [1.807, 2.05) is 0 Å². The molecular weight excluding hydrogens is 498 g/mol. The predicted molar refractivity (Wildman–Crippen MR) is 127 cm³/mol. The molecule has 1 N–H and O–H groups in total. The molecule has 0 saturated heterocycles. The van der Waals surface area contributed by atoms with Crippen molar-refractivity contribution in [3.63, 3.8) is 0 Å². The van der Waals surface area contributed by atoms with Crippen molar-refractivity contribution in [1.82, 2.24) is 4.57 Å². The molecule has 10 heteroatoms. The van der Waals surface area contributed by atoms with Gasteiger partial charge < -0.3 is 14.1 Å². The van der Waals surface area contributed by atoms with E-state index in [9.17, 15) is 32.3 Å². The molecule has 0 amide bonds. The average Bonchev–Trinajstić information content (AvgIpc) is 2.85. The molecule has 0 aliphatic rings. The second-order valence-corrected chi connectivity index (χ2v) is 8.98. The van der Waals surface area contributed by atoms with Gasteiger partial charge in [0.05, 0.1) is 17.6 Å². The standard InChI is InChI=1S/C26H15F4NO4S/c27-18-7-3-1-5-14(18)13-31-19-8-4-2-6-17(19)22-20(24(31)33)21(32)23(25(34)35-22)36-16-11-9-15(10-12-16)26(28,29)30/h1-12,32H,13H2. The van der Waals surface area contributed by atoms with Gasteiger partial charge in [0.2, 0.25) is 0 Å². The molecule has 0 radical (unpaired) electrons. The van der Waals surface area contributed by atoms with E-state index >= 15 is 0 Å². The molecule has 5 aromatic rings. The summed E-state index contributed by atoms with van der Waals surface area (Å²) in [7, 11) is 0. The SMILES string of the molecule is O=c1oc2c(c(O)c1Sc1ccc(C(F)(F)F)cc1)c(=O)n(Cc1ccccc1F)c1ccccc21. The molecule has 5 nitrogen and oxygen atoms in total. The summed E-state index contributed by atoms with van der Waals surface area (Å²) >= 11 is 0.670. The van der Waals surface area contributed by atoms with E-state index < -0.39 is 34.5 Å². The second-order valence-electron chi connectivity index (χ2n) is 7.90. The van der Waals surface area contributed by atoms with Crippen LogP contribution in [0.2, 0.25) is 0 Å². The zero-order valence-electron chi connectivity index (χ0n) is 18.2. The van der Waals surface area contributed by atoms with Crippen molar-refractivity contribution in [2.45, 2.75) is 22.5 Å². The monoisotopic (exact) mass is 513 g/mol. The number of rotatable bonds is 4. The lowest BCUT2D eigenvalue weighted by molar-refractivity contribution is -0.137. The lowest BCUT2D eigenvalue weighted by atomic mass is 10.1. The molecule has 182 valence electrons. The Morgan fingerprint density at radius 2 is 1.58 bits per heavy atom. The highest BCUT2D eigenvalue weighted by atomic mass is 32.2. The number of para-hydroxylation sites is 1. The number of hydrogen-bond acceptors (Lipinski definition) is 5. The van der Waals surface area contributed by atoms with Gasteiger partial charge in [-0.2, -0.15) is 13.2 Å². The van der Waals surface area contributed by atoms with Crippen LogP contribution in [-0.4, -0.2) is 9.67 Å². The molecule has 0 aliphatic heterocycles. The van der Waals surface area contributed by atoms with Gasteiger partial charge in [-0.15, -0.1) is 0 Å². The minimum absolute atomic E-state index is 0.139. The first-order valence-electron chi connectivity index (χ1n) is 10.5. The number of aromatic hydroxyl groups is 1. The van der Waals surface area contributed by atoms with Crippen molar-refractivity contribution in [3.05, 3.63) is 111 Å². The quantitative estimate of drug-likeness (QED) is 0.230. The Labute approximate surface area is 204 Å². The first-order valence-corrected chi connectivity index (χ1v) is 11.4. The van der Waals surface area contributed by atoms with Crippen molar-refractivity contribution >= 4 is 33.6 Å². The number of halogens is 4. The first kappa shape index (κ1) is 23.7. The smallest absolute Gasteiger partial charge is 0.416 e. The predicted octanol–water partition coefficient (Wildman–Crippen LogP) is 6.17. The van der Waals surface area contributed by atoms with E-state index in [0.717, 1.165) is 24.3 Å². The van der Waals surface area contributed by atoms with E-state index in [1.54, 1.807) is 30.3 Å². The molecule has 0 atom stereocenters. The highest BCUT2D eigenvalue weighted by Gasteiger charge is 2.30. The molecule has 0 spiro atoms. The van der Waals surface area contributed by atoms with Gasteiger partial charge in [0.25, 0.3) is 5.56 Å². The molecule has 5 rings (SSSR count). The summed E-state index contributed by atoms with van der Waals surface area (Å²) in [6.45, 7) is -0.151. The third-order valence-electron chi connectivity index (χ3n) is 5.65. The summed E-state index contributed by atoms with van der Waals surface area (Å²) in [6.07, 6.45) is -4.53. The van der Waals surface area contributed by atoms with Crippen LogP contribution in [0.25, 0.3) is 21.9 Å². The highest BCUT2D eigenvalue weighted by Crippen LogP contribution is 2.38. The van der Waals surface area contributed by atoms with Crippen LogP contribution in [0.5, 0.6) is 5.75 Å². The van der Waals surface area contributed by atoms with Gasteiger partial charge in [-0.25, -0.2) is 9.18 Å². The maximum atomic E-state index is 14.4. The Bertz CT molecular complexity index is 1740. The van der Waals surface area contributed by atoms with Crippen LogP contribution in [-0.2, 0) is 12.7 Å². The van der Waals surface area contributed by atoms with E-state index in [2.05, 4.69) is 0 Å². The summed E-state index contributed by atoms with van der Waals surface area (Å²) < 4.78 is 59.7. The summed E-state index contributed by atoms with van der Waals surface area (Å²) in [4.78, 5) is 26.2. The average molecular weight is 513 g/mol. The van der Waals surface area contributed by atoms with Crippen LogP contribution in [0, 0.1) is 5.82 Å². The normalized spacial score (nSPS) is 11.9. The second kappa shape index (κ2) is 8.87. The first-order chi connectivity index (χ1) is 17.1. The molecule has 0 fully saturated rings. The lowest BCUT2D eigenvalue weighted by Gasteiger charge is -2.14. The Hall–Kier alpha value is -4.05. The summed E-state index contributed by atoms with van der Waals surface area (Å²) in [5.41, 5.74) is -2.09. The summed E-state index contributed by atoms with van der Waals surface area (Å²) in [5.74, 6) is -1.18. The van der Waals surface area contributed by atoms with Gasteiger partial charge in [-0.1, -0.05) is 42.1 Å². The molecule has 3 aromatic carbocycles. The zero-order chi connectivity index (χ0) is 25.6. The molecular formula is C26H15F4NO4S. The van der Waals surface area contributed by atoms with E-state index in [-0.39, 0.29) is 32.9 Å². The number of aromatic nitrogens is 1. The molecule has 0 unspecified atom stereocenters. The van der Waals surface area contributed by atoms with Crippen molar-refractivity contribution < 1.29 is 27.1 Å². The molecule has 0 saturated carbocycles. The van der Waals surface area contributed by atoms with Gasteiger partial charge in [0.1, 0.15) is 16.1 Å². The van der Waals surface area contributed by atoms with E-state index in [1.165, 1.54) is 22.8 Å². The van der Waals surface area contributed by atoms with Crippen molar-refractivity contribution in [3.8, 4) is 5.75 Å². The molecule has 36 heavy (non-hydrogen) atoms. The van der Waals surface area contributed by atoms with Crippen LogP contribution in [0.4, 0.5) is 17.6 Å². The number of fused-ring (bicyclic) bond motifs is 3. The number of alkyl halides is 3. The van der Waals surface area contributed by atoms with Crippen LogP contribution >= 0.6 is 11.8 Å². The Morgan fingerprint density at radius 1 is 0.917 bits per heavy atom. The third kappa shape index (κ3) is 4.13. The Morgan fingerprint density at radius 3 is 2.28 bits per heavy atom. The van der Waals surface area contributed by atoms with Crippen LogP contribution in [0.1, 0.15) is 11.1 Å². The van der Waals surface area contributed by atoms with Gasteiger partial charge in [-0.3, -0.25) is 4.79 Å². The fourth-order valence-corrected chi connectivity index (χ4v) is 4.75. The molecule has 0 bridgehead atoms. The zero-order valence-corrected chi connectivity index (χ0v) is 19.0. The minimum Gasteiger partial charge on any atom is -0.505 e. The topological polar surface area (TPSA) is 72.4 Å². The van der Waals surface area contributed by atoms with Gasteiger partial charge in [-0.05, 0) is 42.5 Å². The molecule has 0 aliphatic carbocycles. The van der Waals surface area contributed by atoms with E-state index in [0.29, 0.717) is 22.7 Å². The molecule has 2 heterocycles. The van der Waals surface area contributed by atoms with Gasteiger partial charge in [0, 0.05) is 15.8 Å². The van der Waals surface area contributed by atoms with Crippen molar-refractivity contribution in [2.24, 2.45) is 0 Å². The van der Waals surface area contributed by atoms with Crippen LogP contribution < -0.4 is 11.2 Å². The Balaban J connectivity index is 1.70. The number of benzene rings is 3. The van der Waals surface area contributed by atoms with Crippen LogP contribution in [0.15, 0.2) is 96.6 Å². The number of hydrogen-bond donors (Lipinski definition) is 1. The van der Waals surface area contributed by atoms with E-state index in [4.69, 9.17) is 4.42 Å². The highest BCUT2D eigenvalue weighted by molar-refractivity contribution is 7.99. The summed E-state index contributed by atoms with van der Waals surface area (Å²) in [5, 5.41) is 11.1. The lowest BCUT2D eigenvalue weighted by Crippen LogP contribution is -2.23. The van der Waals surface area contributed by atoms with Gasteiger partial charge >= 0.3 is 11.8 Å². The fourth-order valence-electron chi connectivity index (χ4n) is 3.92. The maximum Gasteiger partial charge on any atom is 0.416 e. The Kier molecular flexibility index (Phi) is 5.83. The van der Waals surface area contributed by atoms with Gasteiger partial charge in [0.15, 0.2) is 11.3 Å². The minimum atomic E-state index is -4.53. The number of pyridine rings is 1. The fraction of sp³-hybridized carbons (Fsp3) is 0.0769. The third-order valence-corrected chi connectivity index (χ3v) is 6.72. The number of nitrogens with zero attached hydrogens (tertiary/aromatic N) is 1. The maximum absolute atomic E-state index is 14.4. The van der Waals surface area contributed by atoms with Crippen molar-refractivity contribution in [1.29, 1.82) is 0 Å². The van der Waals surface area contributed by atoms with Crippen LogP contribution in [0.3, 0.4) is 0 Å².